The molecular formula is C29H27Cl2N5O2. The zero-order chi connectivity index (χ0) is 26.4. The fourth-order valence-electron chi connectivity index (χ4n) is 5.12. The molecule has 1 saturated heterocycles. The van der Waals surface area contributed by atoms with Crippen molar-refractivity contribution in [2.75, 3.05) is 23.3 Å². The van der Waals surface area contributed by atoms with Crippen LogP contribution in [0.15, 0.2) is 54.9 Å². The molecule has 2 aliphatic rings. The molecule has 0 unspecified atom stereocenters. The summed E-state index contributed by atoms with van der Waals surface area (Å²) in [6, 6.07) is 13.5. The number of hydrogen-bond acceptors (Lipinski definition) is 7. The first-order valence-electron chi connectivity index (χ1n) is 12.7. The second kappa shape index (κ2) is 9.73. The lowest BCUT2D eigenvalue weighted by Gasteiger charge is -2.31. The number of nitrogens with one attached hydrogen (secondary N) is 1. The lowest BCUT2D eigenvalue weighted by atomic mass is 9.94. The molecule has 38 heavy (non-hydrogen) atoms. The summed E-state index contributed by atoms with van der Waals surface area (Å²) in [6.07, 6.45) is 8.16. The van der Waals surface area contributed by atoms with Crippen molar-refractivity contribution in [1.82, 2.24) is 9.97 Å². The third-order valence-electron chi connectivity index (χ3n) is 7.65. The molecule has 1 aliphatic heterocycles. The van der Waals surface area contributed by atoms with Gasteiger partial charge in [-0.05, 0) is 73.2 Å². The lowest BCUT2D eigenvalue weighted by Crippen LogP contribution is -2.40. The maximum atomic E-state index is 12.1. The van der Waals surface area contributed by atoms with E-state index in [0.717, 1.165) is 89.8 Å². The third kappa shape index (κ3) is 4.55. The number of carbonyl (C=O) groups is 1. The number of pyridine rings is 2. The van der Waals surface area contributed by atoms with E-state index in [0.29, 0.717) is 0 Å². The first-order valence-corrected chi connectivity index (χ1v) is 13.4. The van der Waals surface area contributed by atoms with Crippen LogP contribution in [0.2, 0.25) is 10.0 Å². The molecule has 1 aliphatic carbocycles. The standard InChI is InChI=1S/C29H27Cl2N5O2/c30-23-12-18(13-24(31)28(23)38)17-1-3-25-21(11-17)27(22(15-33-25)29(16-37)7-8-29)35-20-2-4-26(34-14-20)36-9-5-19(32)6-10-36/h1-4,11-16,19,38H,5-10,32H2,(H,33,35). The minimum atomic E-state index is -0.537. The summed E-state index contributed by atoms with van der Waals surface area (Å²) in [6.45, 7) is 1.80. The summed E-state index contributed by atoms with van der Waals surface area (Å²) >= 11 is 12.4. The van der Waals surface area contributed by atoms with Gasteiger partial charge in [-0.2, -0.15) is 0 Å². The second-order valence-electron chi connectivity index (χ2n) is 10.2. The van der Waals surface area contributed by atoms with E-state index in [4.69, 9.17) is 33.9 Å². The maximum absolute atomic E-state index is 12.1. The van der Waals surface area contributed by atoms with Gasteiger partial charge in [-0.25, -0.2) is 4.98 Å². The van der Waals surface area contributed by atoms with Gasteiger partial charge >= 0.3 is 0 Å². The van der Waals surface area contributed by atoms with E-state index >= 15 is 0 Å². The summed E-state index contributed by atoms with van der Waals surface area (Å²) in [5, 5.41) is 14.8. The SMILES string of the molecule is NC1CCN(c2ccc(Nc3c(C4(C=O)CC4)cnc4ccc(-c5cc(Cl)c(O)c(Cl)c5)cc34)cn2)CC1. The molecule has 4 aromatic rings. The zero-order valence-electron chi connectivity index (χ0n) is 20.6. The van der Waals surface area contributed by atoms with Crippen LogP contribution in [0.3, 0.4) is 0 Å². The van der Waals surface area contributed by atoms with Crippen LogP contribution in [0.1, 0.15) is 31.2 Å². The number of aromatic nitrogens is 2. The Labute approximate surface area is 230 Å². The number of phenolic OH excluding ortho intramolecular Hbond substituents is 1. The van der Waals surface area contributed by atoms with E-state index in [9.17, 15) is 9.90 Å². The predicted molar refractivity (Wildman–Crippen MR) is 153 cm³/mol. The average Bonchev–Trinajstić information content (AvgIpc) is 3.73. The minimum Gasteiger partial charge on any atom is -0.505 e. The molecule has 0 bridgehead atoms. The van der Waals surface area contributed by atoms with Crippen LogP contribution >= 0.6 is 23.2 Å². The van der Waals surface area contributed by atoms with E-state index in [2.05, 4.69) is 15.2 Å². The summed E-state index contributed by atoms with van der Waals surface area (Å²) in [4.78, 5) is 23.8. The maximum Gasteiger partial charge on any atom is 0.152 e. The van der Waals surface area contributed by atoms with Crippen molar-refractivity contribution in [3.8, 4) is 16.9 Å². The molecule has 0 spiro atoms. The van der Waals surface area contributed by atoms with Crippen LogP contribution < -0.4 is 16.0 Å². The number of carbonyl (C=O) groups excluding carboxylic acids is 1. The number of nitrogens with zero attached hydrogens (tertiary/aromatic N) is 3. The molecule has 7 nitrogen and oxygen atoms in total. The second-order valence-corrected chi connectivity index (χ2v) is 11.0. The quantitative estimate of drug-likeness (QED) is 0.246. The summed E-state index contributed by atoms with van der Waals surface area (Å²) in [5.74, 6) is 0.784. The predicted octanol–water partition coefficient (Wildman–Crippen LogP) is 6.21. The molecule has 6 rings (SSSR count). The van der Waals surface area contributed by atoms with Gasteiger partial charge in [-0.15, -0.1) is 0 Å². The molecular weight excluding hydrogens is 521 g/mol. The number of aldehydes is 1. The summed E-state index contributed by atoms with van der Waals surface area (Å²) in [7, 11) is 0. The van der Waals surface area contributed by atoms with Gasteiger partial charge in [0.05, 0.1) is 38.5 Å². The number of anilines is 3. The first kappa shape index (κ1) is 24.9. The van der Waals surface area contributed by atoms with Gasteiger partial charge in [0.1, 0.15) is 12.1 Å². The number of halogens is 2. The van der Waals surface area contributed by atoms with Crippen LogP contribution in [0, 0.1) is 0 Å². The van der Waals surface area contributed by atoms with Crippen molar-refractivity contribution >= 4 is 57.6 Å². The molecule has 2 aromatic heterocycles. The van der Waals surface area contributed by atoms with Gasteiger partial charge in [0.2, 0.25) is 0 Å². The Hall–Kier alpha value is -3.39. The highest BCUT2D eigenvalue weighted by molar-refractivity contribution is 6.37. The normalized spacial score (nSPS) is 17.0. The van der Waals surface area contributed by atoms with Crippen LogP contribution in [-0.4, -0.2) is 40.5 Å². The Balaban J connectivity index is 1.41. The number of fused-ring (bicyclic) bond motifs is 1. The molecule has 0 atom stereocenters. The molecule has 2 fully saturated rings. The number of rotatable bonds is 6. The molecule has 3 heterocycles. The van der Waals surface area contributed by atoms with E-state index in [1.54, 1.807) is 18.3 Å². The van der Waals surface area contributed by atoms with E-state index in [-0.39, 0.29) is 21.8 Å². The summed E-state index contributed by atoms with van der Waals surface area (Å²) in [5.41, 5.74) is 10.4. The highest BCUT2D eigenvalue weighted by atomic mass is 35.5. The van der Waals surface area contributed by atoms with E-state index < -0.39 is 5.41 Å². The van der Waals surface area contributed by atoms with Gasteiger partial charge in [-0.3, -0.25) is 4.98 Å². The molecule has 194 valence electrons. The average molecular weight is 548 g/mol. The molecule has 4 N–H and O–H groups in total. The van der Waals surface area contributed by atoms with Crippen molar-refractivity contribution in [2.24, 2.45) is 5.73 Å². The van der Waals surface area contributed by atoms with Crippen molar-refractivity contribution in [3.63, 3.8) is 0 Å². The Kier molecular flexibility index (Phi) is 6.38. The minimum absolute atomic E-state index is 0.144. The van der Waals surface area contributed by atoms with Gasteiger partial charge in [0.15, 0.2) is 5.75 Å². The van der Waals surface area contributed by atoms with Crippen LogP contribution in [0.25, 0.3) is 22.0 Å². The molecule has 0 amide bonds. The van der Waals surface area contributed by atoms with E-state index in [1.807, 2.05) is 36.5 Å². The van der Waals surface area contributed by atoms with Crippen molar-refractivity contribution in [1.29, 1.82) is 0 Å². The highest BCUT2D eigenvalue weighted by Gasteiger charge is 2.46. The largest absolute Gasteiger partial charge is 0.505 e. The Morgan fingerprint density at radius 1 is 1.00 bits per heavy atom. The Bertz CT molecular complexity index is 1510. The number of phenols is 1. The number of hydrogen-bond donors (Lipinski definition) is 3. The Morgan fingerprint density at radius 2 is 1.74 bits per heavy atom. The smallest absolute Gasteiger partial charge is 0.152 e. The van der Waals surface area contributed by atoms with Crippen LogP contribution in [0.5, 0.6) is 5.75 Å². The first-order chi connectivity index (χ1) is 18.4. The van der Waals surface area contributed by atoms with Gasteiger partial charge in [0, 0.05) is 36.3 Å². The molecule has 9 heteroatoms. The fraction of sp³-hybridized carbons (Fsp3) is 0.276. The summed E-state index contributed by atoms with van der Waals surface area (Å²) < 4.78 is 0. The van der Waals surface area contributed by atoms with Crippen LogP contribution in [-0.2, 0) is 10.2 Å². The highest BCUT2D eigenvalue weighted by Crippen LogP contribution is 2.51. The number of nitrogens with two attached hydrogens (primary N) is 1. The number of benzene rings is 2. The fourth-order valence-corrected chi connectivity index (χ4v) is 5.61. The monoisotopic (exact) mass is 547 g/mol. The third-order valence-corrected chi connectivity index (χ3v) is 8.23. The van der Waals surface area contributed by atoms with Gasteiger partial charge < -0.3 is 25.9 Å². The van der Waals surface area contributed by atoms with Crippen molar-refractivity contribution < 1.29 is 9.90 Å². The lowest BCUT2D eigenvalue weighted by molar-refractivity contribution is -0.109. The molecule has 0 radical (unpaired) electrons. The van der Waals surface area contributed by atoms with Gasteiger partial charge in [-0.1, -0.05) is 29.3 Å². The Morgan fingerprint density at radius 3 is 2.37 bits per heavy atom. The van der Waals surface area contributed by atoms with Crippen molar-refractivity contribution in [2.45, 2.75) is 37.1 Å². The van der Waals surface area contributed by atoms with Crippen LogP contribution in [0.4, 0.5) is 17.2 Å². The topological polar surface area (TPSA) is 104 Å². The zero-order valence-corrected chi connectivity index (χ0v) is 22.1. The van der Waals surface area contributed by atoms with Gasteiger partial charge in [0.25, 0.3) is 0 Å². The number of piperidine rings is 1. The molecule has 2 aromatic carbocycles. The van der Waals surface area contributed by atoms with Crippen molar-refractivity contribution in [3.05, 3.63) is 70.5 Å². The van der Waals surface area contributed by atoms with E-state index in [1.165, 1.54) is 0 Å². The number of aromatic hydroxyl groups is 1. The molecule has 1 saturated carbocycles.